The number of allylic oxidation sites excluding steroid dienone is 2. The van der Waals surface area contributed by atoms with Gasteiger partial charge >= 0.3 is 0 Å². The first-order valence-electron chi connectivity index (χ1n) is 16.0. The molecule has 49 heavy (non-hydrogen) atoms. The van der Waals surface area contributed by atoms with Crippen LogP contribution in [0.1, 0.15) is 36.1 Å². The Balaban J connectivity index is 1.64. The molecule has 0 bridgehead atoms. The summed E-state index contributed by atoms with van der Waals surface area (Å²) in [7, 11) is -2.35. The monoisotopic (exact) mass is 673 g/mol. The zero-order chi connectivity index (χ0) is 35.1. The van der Waals surface area contributed by atoms with Crippen molar-refractivity contribution in [1.29, 1.82) is 0 Å². The van der Waals surface area contributed by atoms with E-state index in [0.29, 0.717) is 34.1 Å². The third-order valence-corrected chi connectivity index (χ3v) is 10.5. The van der Waals surface area contributed by atoms with Gasteiger partial charge in [-0.3, -0.25) is 9.52 Å². The number of anilines is 1. The normalized spacial score (nSPS) is 14.3. The lowest BCUT2D eigenvalue weighted by Gasteiger charge is -2.37. The van der Waals surface area contributed by atoms with Gasteiger partial charge in [0.05, 0.1) is 10.6 Å². The van der Waals surface area contributed by atoms with Crippen LogP contribution in [0, 0.1) is 27.7 Å². The number of ether oxygens (including phenoxy) is 3. The van der Waals surface area contributed by atoms with Crippen LogP contribution in [0.5, 0.6) is 17.2 Å². The van der Waals surface area contributed by atoms with Crippen LogP contribution in [-0.2, 0) is 19.6 Å². The van der Waals surface area contributed by atoms with Crippen LogP contribution in [-0.4, -0.2) is 27.1 Å². The molecule has 0 radical (unpaired) electrons. The first kappa shape index (κ1) is 33.7. The standard InChI is InChI=1S/C41H39NO6S/c1-25-17-19-34(20-18-25)49(44,45)42-36-21-26(2)29(5)38(30(36)6)39-35-16-12-11-13-31(35)24-37(40(39)47-33-14-9-8-10-15-33)48-41(46-7)27(3)22-32(43)23-28(41)4/h8-24,42H,1-7H3. The Morgan fingerprint density at radius 1 is 0.714 bits per heavy atom. The van der Waals surface area contributed by atoms with Crippen molar-refractivity contribution < 1.29 is 27.4 Å². The summed E-state index contributed by atoms with van der Waals surface area (Å²) in [5.74, 6) is -0.123. The number of ketones is 1. The van der Waals surface area contributed by atoms with Gasteiger partial charge in [0.15, 0.2) is 17.3 Å². The fraction of sp³-hybridized carbons (Fsp3) is 0.195. The van der Waals surface area contributed by atoms with E-state index in [1.165, 1.54) is 12.2 Å². The Hall–Kier alpha value is -5.18. The minimum Gasteiger partial charge on any atom is -0.453 e. The molecule has 1 aliphatic carbocycles. The van der Waals surface area contributed by atoms with E-state index in [1.54, 1.807) is 45.2 Å². The molecule has 0 spiro atoms. The maximum atomic E-state index is 13.7. The molecule has 0 aromatic heterocycles. The SMILES string of the molecule is COC1(Oc2cc3ccccc3c(-c3c(C)c(C)cc(NS(=O)(=O)c4ccc(C)cc4)c3C)c2Oc2ccccc2)C(C)=CC(=O)C=C1C. The Morgan fingerprint density at radius 3 is 2.00 bits per heavy atom. The third kappa shape index (κ3) is 6.25. The van der Waals surface area contributed by atoms with Gasteiger partial charge in [0.1, 0.15) is 5.75 Å². The first-order valence-corrected chi connectivity index (χ1v) is 17.5. The van der Waals surface area contributed by atoms with Crippen LogP contribution in [0.15, 0.2) is 119 Å². The summed E-state index contributed by atoms with van der Waals surface area (Å²) < 4.78 is 49.9. The molecule has 0 aliphatic heterocycles. The van der Waals surface area contributed by atoms with E-state index < -0.39 is 15.8 Å². The van der Waals surface area contributed by atoms with Gasteiger partial charge in [-0.15, -0.1) is 0 Å². The molecule has 0 saturated heterocycles. The highest BCUT2D eigenvalue weighted by Gasteiger charge is 2.41. The second-order valence-electron chi connectivity index (χ2n) is 12.5. The van der Waals surface area contributed by atoms with E-state index in [2.05, 4.69) is 4.72 Å². The summed E-state index contributed by atoms with van der Waals surface area (Å²) in [5, 5.41) is 1.76. The summed E-state index contributed by atoms with van der Waals surface area (Å²) >= 11 is 0. The number of nitrogens with one attached hydrogen (secondary N) is 1. The number of para-hydroxylation sites is 1. The van der Waals surface area contributed by atoms with E-state index in [0.717, 1.165) is 44.2 Å². The molecule has 250 valence electrons. The molecule has 1 N–H and O–H groups in total. The largest absolute Gasteiger partial charge is 0.453 e. The summed E-state index contributed by atoms with van der Waals surface area (Å²) in [6.45, 7) is 11.4. The minimum atomic E-state index is -3.90. The minimum absolute atomic E-state index is 0.141. The van der Waals surface area contributed by atoms with Crippen LogP contribution < -0.4 is 14.2 Å². The van der Waals surface area contributed by atoms with E-state index in [1.807, 2.05) is 94.4 Å². The molecule has 0 saturated carbocycles. The van der Waals surface area contributed by atoms with Crippen LogP contribution in [0.3, 0.4) is 0 Å². The van der Waals surface area contributed by atoms with E-state index >= 15 is 0 Å². The Bertz CT molecular complexity index is 2250. The predicted octanol–water partition coefficient (Wildman–Crippen LogP) is 9.53. The Labute approximate surface area is 287 Å². The zero-order valence-corrected chi connectivity index (χ0v) is 29.5. The average molecular weight is 674 g/mol. The predicted molar refractivity (Wildman–Crippen MR) is 195 cm³/mol. The fourth-order valence-electron chi connectivity index (χ4n) is 6.43. The number of benzene rings is 5. The van der Waals surface area contributed by atoms with Crippen molar-refractivity contribution >= 4 is 32.3 Å². The van der Waals surface area contributed by atoms with Gasteiger partial charge in [0.25, 0.3) is 15.8 Å². The van der Waals surface area contributed by atoms with Crippen molar-refractivity contribution in [3.63, 3.8) is 0 Å². The quantitative estimate of drug-likeness (QED) is 0.157. The summed E-state index contributed by atoms with van der Waals surface area (Å²) in [6, 6.07) is 27.9. The number of carbonyl (C=O) groups is 1. The van der Waals surface area contributed by atoms with Gasteiger partial charge in [0, 0.05) is 23.8 Å². The first-order chi connectivity index (χ1) is 23.3. The van der Waals surface area contributed by atoms with Gasteiger partial charge in [-0.1, -0.05) is 60.2 Å². The van der Waals surface area contributed by atoms with Gasteiger partial charge in [0.2, 0.25) is 0 Å². The highest BCUT2D eigenvalue weighted by Crippen LogP contribution is 2.51. The number of methoxy groups -OCH3 is 1. The van der Waals surface area contributed by atoms with Gasteiger partial charge in [-0.25, -0.2) is 8.42 Å². The molecule has 0 atom stereocenters. The number of sulfonamides is 1. The average Bonchev–Trinajstić information content (AvgIpc) is 3.07. The molecular weight excluding hydrogens is 635 g/mol. The lowest BCUT2D eigenvalue weighted by Crippen LogP contribution is -2.43. The molecule has 0 heterocycles. The van der Waals surface area contributed by atoms with Crippen LogP contribution >= 0.6 is 0 Å². The van der Waals surface area contributed by atoms with Crippen molar-refractivity contribution in [2.75, 3.05) is 11.8 Å². The lowest BCUT2D eigenvalue weighted by molar-refractivity contribution is -0.118. The van der Waals surface area contributed by atoms with Crippen LogP contribution in [0.4, 0.5) is 5.69 Å². The fourth-order valence-corrected chi connectivity index (χ4v) is 7.55. The van der Waals surface area contributed by atoms with Gasteiger partial charge in [-0.2, -0.15) is 0 Å². The molecule has 0 amide bonds. The van der Waals surface area contributed by atoms with Crippen molar-refractivity contribution in [3.05, 3.63) is 137 Å². The number of rotatable bonds is 9. The van der Waals surface area contributed by atoms with Crippen molar-refractivity contribution in [1.82, 2.24) is 0 Å². The second-order valence-corrected chi connectivity index (χ2v) is 14.2. The van der Waals surface area contributed by atoms with E-state index in [9.17, 15) is 13.2 Å². The maximum Gasteiger partial charge on any atom is 0.261 e. The number of carbonyl (C=O) groups excluding carboxylic acids is 1. The Kier molecular flexibility index (Phi) is 8.96. The molecule has 6 rings (SSSR count). The highest BCUT2D eigenvalue weighted by molar-refractivity contribution is 7.92. The highest BCUT2D eigenvalue weighted by atomic mass is 32.2. The molecule has 0 unspecified atom stereocenters. The maximum absolute atomic E-state index is 13.7. The van der Waals surface area contributed by atoms with Crippen molar-refractivity contribution in [3.8, 4) is 28.4 Å². The number of hydrogen-bond donors (Lipinski definition) is 1. The zero-order valence-electron chi connectivity index (χ0n) is 28.7. The van der Waals surface area contributed by atoms with Gasteiger partial charge in [-0.05, 0) is 123 Å². The third-order valence-electron chi connectivity index (χ3n) is 9.16. The molecule has 8 heteroatoms. The van der Waals surface area contributed by atoms with Crippen molar-refractivity contribution in [2.45, 2.75) is 52.2 Å². The molecule has 0 fully saturated rings. The summed E-state index contributed by atoms with van der Waals surface area (Å²) in [4.78, 5) is 12.6. The smallest absolute Gasteiger partial charge is 0.261 e. The summed E-state index contributed by atoms with van der Waals surface area (Å²) in [5.41, 5.74) is 6.70. The van der Waals surface area contributed by atoms with Crippen molar-refractivity contribution in [2.24, 2.45) is 0 Å². The second kappa shape index (κ2) is 13.0. The molecular formula is C41H39NO6S. The summed E-state index contributed by atoms with van der Waals surface area (Å²) in [6.07, 6.45) is 3.02. The molecule has 5 aromatic rings. The molecule has 7 nitrogen and oxygen atoms in total. The van der Waals surface area contributed by atoms with Crippen LogP contribution in [0.2, 0.25) is 0 Å². The van der Waals surface area contributed by atoms with E-state index in [-0.39, 0.29) is 10.7 Å². The lowest BCUT2D eigenvalue weighted by atomic mass is 9.87. The topological polar surface area (TPSA) is 90.9 Å². The molecule has 1 aliphatic rings. The number of aryl methyl sites for hydroxylation is 2. The van der Waals surface area contributed by atoms with Gasteiger partial charge < -0.3 is 14.2 Å². The number of fused-ring (bicyclic) bond motifs is 1. The Morgan fingerprint density at radius 2 is 1.35 bits per heavy atom. The van der Waals surface area contributed by atoms with Crippen LogP contribution in [0.25, 0.3) is 21.9 Å². The number of hydrogen-bond acceptors (Lipinski definition) is 6. The van der Waals surface area contributed by atoms with E-state index in [4.69, 9.17) is 14.2 Å². The molecule has 5 aromatic carbocycles.